The molecule has 0 unspecified atom stereocenters. The fraction of sp³-hybridized carbons (Fsp3) is 0.778. The van der Waals surface area contributed by atoms with Crippen molar-refractivity contribution in [3.8, 4) is 0 Å². The minimum Gasteiger partial charge on any atom is -0.319 e. The maximum atomic E-state index is 4.19. The molecule has 1 saturated carbocycles. The van der Waals surface area contributed by atoms with E-state index < -0.39 is 0 Å². The van der Waals surface area contributed by atoms with Crippen LogP contribution in [0.4, 0.5) is 0 Å². The Balaban J connectivity index is 2.13. The van der Waals surface area contributed by atoms with Crippen molar-refractivity contribution in [1.82, 2.24) is 20.1 Å². The Morgan fingerprint density at radius 1 is 1.46 bits per heavy atom. The molecule has 4 nitrogen and oxygen atoms in total. The number of hydrogen-bond acceptors (Lipinski definition) is 3. The third kappa shape index (κ3) is 1.72. The molecule has 0 amide bonds. The van der Waals surface area contributed by atoms with E-state index in [1.807, 2.05) is 14.0 Å². The van der Waals surface area contributed by atoms with Crippen LogP contribution in [-0.2, 0) is 6.42 Å². The molecule has 1 aromatic heterocycles. The van der Waals surface area contributed by atoms with Gasteiger partial charge in [-0.2, -0.15) is 0 Å². The second-order valence-electron chi connectivity index (χ2n) is 3.62. The van der Waals surface area contributed by atoms with E-state index in [2.05, 4.69) is 20.1 Å². The summed E-state index contributed by atoms with van der Waals surface area (Å²) in [6.07, 6.45) is 3.57. The zero-order valence-corrected chi connectivity index (χ0v) is 8.25. The Morgan fingerprint density at radius 3 is 2.85 bits per heavy atom. The molecule has 0 radical (unpaired) electrons. The van der Waals surface area contributed by atoms with Gasteiger partial charge in [0.25, 0.3) is 0 Å². The van der Waals surface area contributed by atoms with Crippen molar-refractivity contribution in [2.24, 2.45) is 0 Å². The predicted octanol–water partition coefficient (Wildman–Crippen LogP) is 0.683. The summed E-state index contributed by atoms with van der Waals surface area (Å²) < 4.78 is 2.29. The van der Waals surface area contributed by atoms with E-state index in [0.29, 0.717) is 6.04 Å². The van der Waals surface area contributed by atoms with Crippen LogP contribution < -0.4 is 5.32 Å². The summed E-state index contributed by atoms with van der Waals surface area (Å²) in [5.41, 5.74) is 0. The fourth-order valence-electron chi connectivity index (χ4n) is 1.63. The van der Waals surface area contributed by atoms with Crippen molar-refractivity contribution in [2.75, 3.05) is 13.6 Å². The van der Waals surface area contributed by atoms with Crippen LogP contribution in [0.3, 0.4) is 0 Å². The lowest BCUT2D eigenvalue weighted by atomic mass is 10.4. The van der Waals surface area contributed by atoms with Gasteiger partial charge in [-0.05, 0) is 26.8 Å². The molecule has 72 valence electrons. The Bertz CT molecular complexity index is 288. The number of aryl methyl sites for hydroxylation is 1. The quantitative estimate of drug-likeness (QED) is 0.741. The van der Waals surface area contributed by atoms with E-state index in [9.17, 15) is 0 Å². The second-order valence-corrected chi connectivity index (χ2v) is 3.62. The topological polar surface area (TPSA) is 42.7 Å². The lowest BCUT2D eigenvalue weighted by Gasteiger charge is -2.05. The van der Waals surface area contributed by atoms with E-state index in [-0.39, 0.29) is 0 Å². The van der Waals surface area contributed by atoms with Gasteiger partial charge in [0.2, 0.25) is 0 Å². The SMILES string of the molecule is CNCCc1nnc(C)n1C1CC1. The third-order valence-electron chi connectivity index (χ3n) is 2.45. The summed E-state index contributed by atoms with van der Waals surface area (Å²) in [5.74, 6) is 2.20. The largest absolute Gasteiger partial charge is 0.319 e. The Morgan fingerprint density at radius 2 is 2.23 bits per heavy atom. The van der Waals surface area contributed by atoms with E-state index >= 15 is 0 Å². The van der Waals surface area contributed by atoms with Gasteiger partial charge in [0.1, 0.15) is 11.6 Å². The van der Waals surface area contributed by atoms with Crippen molar-refractivity contribution >= 4 is 0 Å². The first-order valence-corrected chi connectivity index (χ1v) is 4.88. The molecule has 1 aromatic rings. The molecule has 4 heteroatoms. The number of rotatable bonds is 4. The Hall–Kier alpha value is -0.900. The fourth-order valence-corrected chi connectivity index (χ4v) is 1.63. The maximum Gasteiger partial charge on any atom is 0.134 e. The molecule has 0 saturated heterocycles. The van der Waals surface area contributed by atoms with Crippen LogP contribution in [-0.4, -0.2) is 28.4 Å². The highest BCUT2D eigenvalue weighted by Crippen LogP contribution is 2.36. The monoisotopic (exact) mass is 180 g/mol. The van der Waals surface area contributed by atoms with Gasteiger partial charge in [0.05, 0.1) is 0 Å². The van der Waals surface area contributed by atoms with Crippen molar-refractivity contribution in [3.63, 3.8) is 0 Å². The average molecular weight is 180 g/mol. The van der Waals surface area contributed by atoms with Crippen LogP contribution >= 0.6 is 0 Å². The predicted molar refractivity (Wildman–Crippen MR) is 50.7 cm³/mol. The zero-order chi connectivity index (χ0) is 9.26. The summed E-state index contributed by atoms with van der Waals surface area (Å²) in [6, 6.07) is 0.696. The lowest BCUT2D eigenvalue weighted by Crippen LogP contribution is -2.14. The Labute approximate surface area is 78.4 Å². The Kier molecular flexibility index (Phi) is 2.31. The van der Waals surface area contributed by atoms with Crippen molar-refractivity contribution < 1.29 is 0 Å². The molecule has 1 fully saturated rings. The average Bonchev–Trinajstić information content (AvgIpc) is 2.88. The van der Waals surface area contributed by atoms with Gasteiger partial charge in [-0.1, -0.05) is 0 Å². The standard InChI is InChI=1S/C9H16N4/c1-7-11-12-9(5-6-10-2)13(7)8-3-4-8/h8,10H,3-6H2,1-2H3. The molecule has 13 heavy (non-hydrogen) atoms. The molecule has 0 aromatic carbocycles. The maximum absolute atomic E-state index is 4.19. The van der Waals surface area contributed by atoms with Crippen LogP contribution in [0.25, 0.3) is 0 Å². The van der Waals surface area contributed by atoms with Crippen molar-refractivity contribution in [2.45, 2.75) is 32.2 Å². The van der Waals surface area contributed by atoms with E-state index in [0.717, 1.165) is 24.6 Å². The molecule has 1 aliphatic rings. The molecule has 0 spiro atoms. The van der Waals surface area contributed by atoms with Gasteiger partial charge in [-0.3, -0.25) is 0 Å². The second kappa shape index (κ2) is 3.46. The first-order chi connectivity index (χ1) is 6.33. The van der Waals surface area contributed by atoms with Gasteiger partial charge in [0.15, 0.2) is 0 Å². The van der Waals surface area contributed by atoms with Gasteiger partial charge >= 0.3 is 0 Å². The number of likely N-dealkylation sites (N-methyl/N-ethyl adjacent to an activating group) is 1. The summed E-state index contributed by atoms with van der Waals surface area (Å²) in [6.45, 7) is 3.01. The minimum atomic E-state index is 0.696. The van der Waals surface area contributed by atoms with E-state index in [1.165, 1.54) is 12.8 Å². The van der Waals surface area contributed by atoms with Crippen LogP contribution in [0, 0.1) is 6.92 Å². The molecule has 1 N–H and O–H groups in total. The highest BCUT2D eigenvalue weighted by molar-refractivity contribution is 5.01. The summed E-state index contributed by atoms with van der Waals surface area (Å²) in [5, 5.41) is 11.4. The molecular weight excluding hydrogens is 164 g/mol. The smallest absolute Gasteiger partial charge is 0.134 e. The zero-order valence-electron chi connectivity index (χ0n) is 8.25. The van der Waals surface area contributed by atoms with Crippen LogP contribution in [0.15, 0.2) is 0 Å². The highest BCUT2D eigenvalue weighted by Gasteiger charge is 2.27. The first kappa shape index (κ1) is 8.69. The van der Waals surface area contributed by atoms with Gasteiger partial charge in [-0.25, -0.2) is 0 Å². The molecule has 0 aliphatic heterocycles. The first-order valence-electron chi connectivity index (χ1n) is 4.88. The molecule has 1 heterocycles. The summed E-state index contributed by atoms with van der Waals surface area (Å²) in [7, 11) is 1.96. The number of aromatic nitrogens is 3. The molecule has 1 aliphatic carbocycles. The molecule has 0 bridgehead atoms. The van der Waals surface area contributed by atoms with Crippen LogP contribution in [0.5, 0.6) is 0 Å². The normalized spacial score (nSPS) is 16.5. The van der Waals surface area contributed by atoms with Crippen molar-refractivity contribution in [3.05, 3.63) is 11.6 Å². The van der Waals surface area contributed by atoms with Crippen LogP contribution in [0.1, 0.15) is 30.5 Å². The van der Waals surface area contributed by atoms with Gasteiger partial charge in [0, 0.05) is 19.0 Å². The lowest BCUT2D eigenvalue weighted by molar-refractivity contribution is 0.642. The molecule has 2 rings (SSSR count). The van der Waals surface area contributed by atoms with E-state index in [1.54, 1.807) is 0 Å². The number of nitrogens with zero attached hydrogens (tertiary/aromatic N) is 3. The van der Waals surface area contributed by atoms with Crippen molar-refractivity contribution in [1.29, 1.82) is 0 Å². The summed E-state index contributed by atoms with van der Waals surface area (Å²) in [4.78, 5) is 0. The third-order valence-corrected chi connectivity index (χ3v) is 2.45. The van der Waals surface area contributed by atoms with E-state index in [4.69, 9.17) is 0 Å². The van der Waals surface area contributed by atoms with Gasteiger partial charge < -0.3 is 9.88 Å². The minimum absolute atomic E-state index is 0.696. The number of hydrogen-bond donors (Lipinski definition) is 1. The molecule has 0 atom stereocenters. The summed E-state index contributed by atoms with van der Waals surface area (Å²) >= 11 is 0. The molecular formula is C9H16N4. The highest BCUT2D eigenvalue weighted by atomic mass is 15.3. The number of nitrogens with one attached hydrogen (secondary N) is 1. The van der Waals surface area contributed by atoms with Crippen LogP contribution in [0.2, 0.25) is 0 Å². The van der Waals surface area contributed by atoms with Gasteiger partial charge in [-0.15, -0.1) is 10.2 Å².